The van der Waals surface area contributed by atoms with E-state index < -0.39 is 52.8 Å². The van der Waals surface area contributed by atoms with Crippen LogP contribution in [0.15, 0.2) is 97.1 Å². The summed E-state index contributed by atoms with van der Waals surface area (Å²) in [6.45, 7) is 4.04. The normalized spacial score (nSPS) is 26.8. The van der Waals surface area contributed by atoms with Gasteiger partial charge in [0.1, 0.15) is 5.75 Å². The minimum Gasteiger partial charge on any atom is -0.507 e. The second-order valence-corrected chi connectivity index (χ2v) is 14.4. The molecule has 2 aliphatic heterocycles. The van der Waals surface area contributed by atoms with Gasteiger partial charge in [-0.15, -0.1) is 6.58 Å². The fraction of sp³-hybridized carbons (Fsp3) is 0.341. The summed E-state index contributed by atoms with van der Waals surface area (Å²) >= 11 is 6.39. The average Bonchev–Trinajstić information content (AvgIpc) is 3.50. The summed E-state index contributed by atoms with van der Waals surface area (Å²) < 4.78 is 0. The van der Waals surface area contributed by atoms with Crippen LogP contribution in [-0.2, 0) is 35.8 Å². The third kappa shape index (κ3) is 5.49. The number of rotatable bonds is 11. The van der Waals surface area contributed by atoms with Crippen molar-refractivity contribution in [1.82, 2.24) is 4.90 Å². The van der Waals surface area contributed by atoms with E-state index in [1.807, 2.05) is 42.5 Å². The molecule has 0 radical (unpaired) electrons. The minimum absolute atomic E-state index is 0.00148. The Labute approximate surface area is 301 Å². The molecule has 0 aromatic heterocycles. The van der Waals surface area contributed by atoms with Crippen LogP contribution < -0.4 is 4.90 Å². The van der Waals surface area contributed by atoms with Gasteiger partial charge in [0, 0.05) is 29.5 Å². The maximum atomic E-state index is 15.3. The van der Waals surface area contributed by atoms with E-state index in [4.69, 9.17) is 16.7 Å². The quantitative estimate of drug-likeness (QED) is 0.131. The second kappa shape index (κ2) is 13.6. The first-order valence-corrected chi connectivity index (χ1v) is 17.9. The van der Waals surface area contributed by atoms with Gasteiger partial charge >= 0.3 is 5.97 Å². The molecule has 0 spiro atoms. The standard InChI is InChI=1S/C41H39ClN2O7/c1-2-11-24-12-9-17-30(36(24)47)35-28-19-20-29-34(39(50)43(37(29)48)21-8-4-7-18-33(45)46)31(28)23-32-38(49)44(27-16-10-15-26(42)22-27)40(51)41(32,35)25-13-5-3-6-14-25/h2-3,5-6,9-10,12-17,19,22,29,31-32,34-35,47H,1,4,7-8,11,18,20-21,23H2,(H,45,46)/t29-,31+,32-,34-,35+,41+/m0/s1. The number of carbonyl (C=O) groups excluding carboxylic acids is 4. The van der Waals surface area contributed by atoms with Gasteiger partial charge in [0.15, 0.2) is 0 Å². The number of para-hydroxylation sites is 1. The van der Waals surface area contributed by atoms with Crippen LogP contribution >= 0.6 is 11.6 Å². The van der Waals surface area contributed by atoms with Crippen molar-refractivity contribution in [2.24, 2.45) is 23.7 Å². The summed E-state index contributed by atoms with van der Waals surface area (Å²) in [7, 11) is 0. The van der Waals surface area contributed by atoms with Crippen molar-refractivity contribution < 1.29 is 34.2 Å². The van der Waals surface area contributed by atoms with Crippen LogP contribution in [0, 0.1) is 23.7 Å². The van der Waals surface area contributed by atoms with Gasteiger partial charge in [-0.1, -0.05) is 90.3 Å². The van der Waals surface area contributed by atoms with Crippen molar-refractivity contribution in [2.45, 2.75) is 56.3 Å². The number of hydrogen-bond donors (Lipinski definition) is 2. The van der Waals surface area contributed by atoms with Gasteiger partial charge in [-0.2, -0.15) is 0 Å². The number of fused-ring (bicyclic) bond motifs is 4. The van der Waals surface area contributed by atoms with Crippen molar-refractivity contribution in [3.8, 4) is 5.75 Å². The van der Waals surface area contributed by atoms with Gasteiger partial charge < -0.3 is 10.2 Å². The van der Waals surface area contributed by atoms with Crippen molar-refractivity contribution in [1.29, 1.82) is 0 Å². The number of hydrogen-bond acceptors (Lipinski definition) is 6. The van der Waals surface area contributed by atoms with E-state index in [0.717, 1.165) is 5.57 Å². The number of phenolic OH excluding ortho intramolecular Hbond substituents is 1. The molecule has 2 N–H and O–H groups in total. The highest BCUT2D eigenvalue weighted by Gasteiger charge is 2.70. The van der Waals surface area contributed by atoms with Crippen LogP contribution in [0.3, 0.4) is 0 Å². The summed E-state index contributed by atoms with van der Waals surface area (Å²) in [4.78, 5) is 71.8. The third-order valence-corrected chi connectivity index (χ3v) is 11.6. The monoisotopic (exact) mass is 706 g/mol. The molecule has 3 fully saturated rings. The maximum Gasteiger partial charge on any atom is 0.303 e. The van der Waals surface area contributed by atoms with E-state index >= 15 is 4.79 Å². The number of anilines is 1. The van der Waals surface area contributed by atoms with Crippen molar-refractivity contribution in [2.75, 3.05) is 11.4 Å². The Bertz CT molecular complexity index is 1980. The number of allylic oxidation sites excluding steroid dienone is 3. The number of carboxylic acid groups (broad SMARTS) is 1. The topological polar surface area (TPSA) is 132 Å². The smallest absolute Gasteiger partial charge is 0.303 e. The number of phenols is 1. The number of unbranched alkanes of at least 4 members (excludes halogenated alkanes) is 2. The van der Waals surface area contributed by atoms with Crippen molar-refractivity contribution in [3.63, 3.8) is 0 Å². The first-order chi connectivity index (χ1) is 24.6. The fourth-order valence-corrected chi connectivity index (χ4v) is 9.45. The number of carboxylic acids is 1. The molecule has 1 saturated carbocycles. The fourth-order valence-electron chi connectivity index (χ4n) is 9.26. The first kappa shape index (κ1) is 34.4. The molecular weight excluding hydrogens is 668 g/mol. The highest BCUT2D eigenvalue weighted by Crippen LogP contribution is 2.65. The molecule has 10 heteroatoms. The molecule has 6 atom stereocenters. The highest BCUT2D eigenvalue weighted by molar-refractivity contribution is 6.32. The second-order valence-electron chi connectivity index (χ2n) is 14.0. The summed E-state index contributed by atoms with van der Waals surface area (Å²) in [6.07, 6.45) is 5.98. The molecular formula is C41H39ClN2O7. The van der Waals surface area contributed by atoms with E-state index in [1.54, 1.807) is 42.5 Å². The lowest BCUT2D eigenvalue weighted by Crippen LogP contribution is -2.53. The van der Waals surface area contributed by atoms with Gasteiger partial charge in [-0.25, -0.2) is 4.90 Å². The van der Waals surface area contributed by atoms with Gasteiger partial charge in [0.2, 0.25) is 23.6 Å². The number of aromatic hydroxyl groups is 1. The van der Waals surface area contributed by atoms with Crippen LogP contribution in [0.4, 0.5) is 5.69 Å². The molecule has 51 heavy (non-hydrogen) atoms. The molecule has 4 amide bonds. The Morgan fingerprint density at radius 2 is 1.69 bits per heavy atom. The predicted octanol–water partition coefficient (Wildman–Crippen LogP) is 6.58. The van der Waals surface area contributed by atoms with Gasteiger partial charge in [-0.05, 0) is 67.3 Å². The maximum absolute atomic E-state index is 15.3. The molecule has 9 nitrogen and oxygen atoms in total. The number of aliphatic carboxylic acids is 1. The average molecular weight is 707 g/mol. The molecule has 0 unspecified atom stereocenters. The molecule has 4 aliphatic rings. The van der Waals surface area contributed by atoms with E-state index in [1.165, 1.54) is 9.80 Å². The number of nitrogens with zero attached hydrogens (tertiary/aromatic N) is 2. The lowest BCUT2D eigenvalue weighted by atomic mass is 9.49. The highest BCUT2D eigenvalue weighted by atomic mass is 35.5. The van der Waals surface area contributed by atoms with Crippen LogP contribution in [0.2, 0.25) is 5.02 Å². The molecule has 2 aliphatic carbocycles. The Kier molecular flexibility index (Phi) is 9.18. The summed E-state index contributed by atoms with van der Waals surface area (Å²) in [5, 5.41) is 21.3. The molecule has 2 saturated heterocycles. The molecule has 3 aromatic carbocycles. The van der Waals surface area contributed by atoms with Crippen LogP contribution in [0.1, 0.15) is 61.1 Å². The summed E-state index contributed by atoms with van der Waals surface area (Å²) in [5.74, 6) is -6.02. The van der Waals surface area contributed by atoms with Gasteiger partial charge in [-0.3, -0.25) is 28.9 Å². The Hall–Kier alpha value is -5.02. The lowest BCUT2D eigenvalue weighted by molar-refractivity contribution is -0.141. The lowest BCUT2D eigenvalue weighted by Gasteiger charge is -2.50. The number of amides is 4. The summed E-state index contributed by atoms with van der Waals surface area (Å²) in [6, 6.07) is 21.2. The zero-order valence-electron chi connectivity index (χ0n) is 28.0. The van der Waals surface area contributed by atoms with Crippen molar-refractivity contribution >= 4 is 46.9 Å². The number of halogens is 1. The molecule has 262 valence electrons. The zero-order chi connectivity index (χ0) is 36.0. The Morgan fingerprint density at radius 3 is 2.41 bits per heavy atom. The third-order valence-electron chi connectivity index (χ3n) is 11.4. The minimum atomic E-state index is -1.49. The van der Waals surface area contributed by atoms with Crippen molar-refractivity contribution in [3.05, 3.63) is 119 Å². The van der Waals surface area contributed by atoms with Gasteiger partial charge in [0.05, 0.1) is 28.9 Å². The predicted molar refractivity (Wildman–Crippen MR) is 191 cm³/mol. The molecule has 0 bridgehead atoms. The van der Waals surface area contributed by atoms with E-state index in [-0.39, 0.29) is 43.4 Å². The summed E-state index contributed by atoms with van der Waals surface area (Å²) in [5.41, 5.74) is 1.31. The van der Waals surface area contributed by atoms with Crippen LogP contribution in [0.5, 0.6) is 5.75 Å². The SMILES string of the molecule is C=CCc1cccc([C@H]2C3=CC[C@@H]4C(=O)N(CCCCCC(=O)O)C(=O)[C@@H]4[C@@H]3C[C@H]3C(=O)N(c4cccc(Cl)c4)C(=O)[C@@]23c2ccccc2)c1O. The number of imide groups is 2. The Balaban J connectivity index is 1.39. The van der Waals surface area contributed by atoms with E-state index in [0.29, 0.717) is 53.1 Å². The largest absolute Gasteiger partial charge is 0.507 e. The molecule has 7 rings (SSSR count). The van der Waals surface area contributed by atoms with E-state index in [9.17, 15) is 24.3 Å². The number of benzene rings is 3. The Morgan fingerprint density at radius 1 is 0.922 bits per heavy atom. The molecule has 3 aromatic rings. The zero-order valence-corrected chi connectivity index (χ0v) is 28.8. The van der Waals surface area contributed by atoms with Gasteiger partial charge in [0.25, 0.3) is 0 Å². The number of carbonyl (C=O) groups is 5. The van der Waals surface area contributed by atoms with Crippen LogP contribution in [-0.4, -0.2) is 51.3 Å². The molecule has 2 heterocycles. The van der Waals surface area contributed by atoms with E-state index in [2.05, 4.69) is 6.58 Å². The van der Waals surface area contributed by atoms with Crippen LogP contribution in [0.25, 0.3) is 0 Å². The first-order valence-electron chi connectivity index (χ1n) is 17.5. The number of likely N-dealkylation sites (tertiary alicyclic amines) is 1.